The SMILES string of the molecule is CNc1cc(NCC(O)C(C)C)nc(-c2ccccc2)n1. The molecule has 0 aliphatic carbocycles. The first-order chi connectivity index (χ1) is 10.1. The Labute approximate surface area is 125 Å². The molecular weight excluding hydrogens is 264 g/mol. The number of rotatable bonds is 6. The van der Waals surface area contributed by atoms with Crippen molar-refractivity contribution in [3.63, 3.8) is 0 Å². The van der Waals surface area contributed by atoms with E-state index in [2.05, 4.69) is 20.6 Å². The molecule has 1 unspecified atom stereocenters. The van der Waals surface area contributed by atoms with Crippen molar-refractivity contribution in [2.45, 2.75) is 20.0 Å². The molecule has 1 heterocycles. The van der Waals surface area contributed by atoms with Gasteiger partial charge >= 0.3 is 0 Å². The minimum atomic E-state index is -0.404. The van der Waals surface area contributed by atoms with Gasteiger partial charge in [0.15, 0.2) is 5.82 Å². The molecule has 0 saturated heterocycles. The summed E-state index contributed by atoms with van der Waals surface area (Å²) in [5.74, 6) is 2.30. The molecule has 0 spiro atoms. The third-order valence-corrected chi connectivity index (χ3v) is 3.28. The van der Waals surface area contributed by atoms with Gasteiger partial charge in [-0.25, -0.2) is 9.97 Å². The Morgan fingerprint density at radius 2 is 1.76 bits per heavy atom. The molecule has 0 bridgehead atoms. The van der Waals surface area contributed by atoms with E-state index in [1.807, 2.05) is 57.3 Å². The minimum Gasteiger partial charge on any atom is -0.391 e. The van der Waals surface area contributed by atoms with Gasteiger partial charge in [-0.3, -0.25) is 0 Å². The van der Waals surface area contributed by atoms with E-state index in [0.29, 0.717) is 18.2 Å². The Morgan fingerprint density at radius 1 is 1.10 bits per heavy atom. The molecule has 21 heavy (non-hydrogen) atoms. The normalized spacial score (nSPS) is 12.2. The Bertz CT molecular complexity index is 572. The lowest BCUT2D eigenvalue weighted by Crippen LogP contribution is -2.25. The summed E-state index contributed by atoms with van der Waals surface area (Å²) in [7, 11) is 1.82. The third-order valence-electron chi connectivity index (χ3n) is 3.28. The molecule has 1 atom stereocenters. The molecule has 1 aromatic heterocycles. The van der Waals surface area contributed by atoms with Crippen LogP contribution < -0.4 is 10.6 Å². The van der Waals surface area contributed by atoms with Crippen molar-refractivity contribution < 1.29 is 5.11 Å². The first kappa shape index (κ1) is 15.3. The summed E-state index contributed by atoms with van der Waals surface area (Å²) in [5.41, 5.74) is 0.960. The molecule has 0 saturated carbocycles. The highest BCUT2D eigenvalue weighted by Crippen LogP contribution is 2.20. The fourth-order valence-corrected chi connectivity index (χ4v) is 1.83. The van der Waals surface area contributed by atoms with Crippen molar-refractivity contribution in [1.82, 2.24) is 9.97 Å². The molecule has 2 aromatic rings. The van der Waals surface area contributed by atoms with Gasteiger partial charge in [0.1, 0.15) is 11.6 Å². The lowest BCUT2D eigenvalue weighted by molar-refractivity contribution is 0.138. The minimum absolute atomic E-state index is 0.205. The van der Waals surface area contributed by atoms with E-state index in [0.717, 1.165) is 11.4 Å². The Balaban J connectivity index is 2.22. The lowest BCUT2D eigenvalue weighted by Gasteiger charge is -2.16. The molecule has 2 rings (SSSR count). The number of nitrogens with zero attached hydrogens (tertiary/aromatic N) is 2. The van der Waals surface area contributed by atoms with Crippen LogP contribution in [0.25, 0.3) is 11.4 Å². The van der Waals surface area contributed by atoms with E-state index in [1.165, 1.54) is 0 Å². The molecule has 5 heteroatoms. The van der Waals surface area contributed by atoms with Crippen molar-refractivity contribution in [3.8, 4) is 11.4 Å². The van der Waals surface area contributed by atoms with Gasteiger partial charge in [-0.05, 0) is 5.92 Å². The third kappa shape index (κ3) is 4.16. The standard InChI is InChI=1S/C16H22N4O/c1-11(2)13(21)10-18-15-9-14(17-3)19-16(20-15)12-7-5-4-6-8-12/h4-9,11,13,21H,10H2,1-3H3,(H2,17,18,19,20). The van der Waals surface area contributed by atoms with Crippen LogP contribution in [0.5, 0.6) is 0 Å². The van der Waals surface area contributed by atoms with E-state index < -0.39 is 6.10 Å². The number of benzene rings is 1. The number of aliphatic hydroxyl groups excluding tert-OH is 1. The van der Waals surface area contributed by atoms with Crippen LogP contribution in [-0.4, -0.2) is 34.8 Å². The Kier molecular flexibility index (Phi) is 5.11. The van der Waals surface area contributed by atoms with E-state index in [1.54, 1.807) is 0 Å². The molecular formula is C16H22N4O. The quantitative estimate of drug-likeness (QED) is 0.761. The maximum atomic E-state index is 9.88. The van der Waals surface area contributed by atoms with E-state index in [4.69, 9.17) is 0 Å². The molecule has 0 fully saturated rings. The highest BCUT2D eigenvalue weighted by molar-refractivity contribution is 5.61. The molecule has 3 N–H and O–H groups in total. The molecule has 5 nitrogen and oxygen atoms in total. The zero-order valence-corrected chi connectivity index (χ0v) is 12.7. The summed E-state index contributed by atoms with van der Waals surface area (Å²) >= 11 is 0. The summed E-state index contributed by atoms with van der Waals surface area (Å²) in [6, 6.07) is 11.7. The van der Waals surface area contributed by atoms with Crippen molar-refractivity contribution in [2.24, 2.45) is 5.92 Å². The van der Waals surface area contributed by atoms with Crippen LogP contribution in [0.2, 0.25) is 0 Å². The summed E-state index contributed by atoms with van der Waals surface area (Å²) in [6.07, 6.45) is -0.404. The van der Waals surface area contributed by atoms with Gasteiger partial charge in [-0.1, -0.05) is 44.2 Å². The van der Waals surface area contributed by atoms with E-state index in [9.17, 15) is 5.11 Å². The highest BCUT2D eigenvalue weighted by Gasteiger charge is 2.10. The largest absolute Gasteiger partial charge is 0.391 e. The number of hydrogen-bond acceptors (Lipinski definition) is 5. The van der Waals surface area contributed by atoms with Crippen LogP contribution >= 0.6 is 0 Å². The highest BCUT2D eigenvalue weighted by atomic mass is 16.3. The van der Waals surface area contributed by atoms with Crippen molar-refractivity contribution in [1.29, 1.82) is 0 Å². The first-order valence-corrected chi connectivity index (χ1v) is 7.14. The summed E-state index contributed by atoms with van der Waals surface area (Å²) in [5, 5.41) is 16.1. The van der Waals surface area contributed by atoms with Gasteiger partial charge in [-0.15, -0.1) is 0 Å². The molecule has 0 radical (unpaired) electrons. The predicted molar refractivity (Wildman–Crippen MR) is 86.3 cm³/mol. The second-order valence-corrected chi connectivity index (χ2v) is 5.27. The van der Waals surface area contributed by atoms with Crippen LogP contribution in [0.1, 0.15) is 13.8 Å². The molecule has 0 aliphatic heterocycles. The lowest BCUT2D eigenvalue weighted by atomic mass is 10.1. The zero-order valence-electron chi connectivity index (χ0n) is 12.7. The maximum absolute atomic E-state index is 9.88. The van der Waals surface area contributed by atoms with E-state index >= 15 is 0 Å². The van der Waals surface area contributed by atoms with Crippen molar-refractivity contribution >= 4 is 11.6 Å². The van der Waals surface area contributed by atoms with Crippen LogP contribution in [0.3, 0.4) is 0 Å². The fourth-order valence-electron chi connectivity index (χ4n) is 1.83. The monoisotopic (exact) mass is 286 g/mol. The van der Waals surface area contributed by atoms with Gasteiger partial charge in [0.25, 0.3) is 0 Å². The van der Waals surface area contributed by atoms with Gasteiger partial charge in [0.2, 0.25) is 0 Å². The number of hydrogen-bond donors (Lipinski definition) is 3. The average Bonchev–Trinajstić information content (AvgIpc) is 2.52. The Hall–Kier alpha value is -2.14. The summed E-state index contributed by atoms with van der Waals surface area (Å²) in [4.78, 5) is 8.97. The predicted octanol–water partition coefficient (Wildman–Crippen LogP) is 2.61. The van der Waals surface area contributed by atoms with Crippen molar-refractivity contribution in [2.75, 3.05) is 24.2 Å². The number of nitrogens with one attached hydrogen (secondary N) is 2. The van der Waals surface area contributed by atoms with Gasteiger partial charge in [0, 0.05) is 25.2 Å². The maximum Gasteiger partial charge on any atom is 0.163 e. The number of aliphatic hydroxyl groups is 1. The summed E-state index contributed by atoms with van der Waals surface area (Å²) in [6.45, 7) is 4.44. The Morgan fingerprint density at radius 3 is 2.38 bits per heavy atom. The average molecular weight is 286 g/mol. The molecule has 112 valence electrons. The second kappa shape index (κ2) is 7.04. The second-order valence-electron chi connectivity index (χ2n) is 5.27. The van der Waals surface area contributed by atoms with Gasteiger partial charge < -0.3 is 15.7 Å². The zero-order chi connectivity index (χ0) is 15.2. The first-order valence-electron chi connectivity index (χ1n) is 7.14. The summed E-state index contributed by atoms with van der Waals surface area (Å²) < 4.78 is 0. The van der Waals surface area contributed by atoms with Crippen LogP contribution in [0.15, 0.2) is 36.4 Å². The number of aromatic nitrogens is 2. The van der Waals surface area contributed by atoms with E-state index in [-0.39, 0.29) is 5.92 Å². The van der Waals surface area contributed by atoms with Crippen molar-refractivity contribution in [3.05, 3.63) is 36.4 Å². The van der Waals surface area contributed by atoms with Gasteiger partial charge in [-0.2, -0.15) is 0 Å². The molecule has 0 aliphatic rings. The molecule has 0 amide bonds. The molecule has 1 aromatic carbocycles. The van der Waals surface area contributed by atoms with Crippen LogP contribution in [-0.2, 0) is 0 Å². The van der Waals surface area contributed by atoms with Crippen LogP contribution in [0.4, 0.5) is 11.6 Å². The van der Waals surface area contributed by atoms with Gasteiger partial charge in [0.05, 0.1) is 6.10 Å². The number of anilines is 2. The van der Waals surface area contributed by atoms with Crippen LogP contribution in [0, 0.1) is 5.92 Å². The fraction of sp³-hybridized carbons (Fsp3) is 0.375. The smallest absolute Gasteiger partial charge is 0.163 e. The topological polar surface area (TPSA) is 70.1 Å².